The van der Waals surface area contributed by atoms with Gasteiger partial charge in [0.2, 0.25) is 5.91 Å². The molecule has 96 valence electrons. The van der Waals surface area contributed by atoms with Gasteiger partial charge in [-0.2, -0.15) is 11.8 Å². The number of halogens is 1. The van der Waals surface area contributed by atoms with E-state index in [9.17, 15) is 4.79 Å². The minimum atomic E-state index is 0.0484. The Morgan fingerprint density at radius 3 is 2.89 bits per heavy atom. The van der Waals surface area contributed by atoms with Gasteiger partial charge in [-0.3, -0.25) is 4.79 Å². The molecule has 3 nitrogen and oxygen atoms in total. The van der Waals surface area contributed by atoms with Crippen LogP contribution in [0.25, 0.3) is 0 Å². The summed E-state index contributed by atoms with van der Waals surface area (Å²) in [4.78, 5) is 11.3. The van der Waals surface area contributed by atoms with E-state index in [2.05, 4.69) is 10.6 Å². The van der Waals surface area contributed by atoms with Crippen LogP contribution >= 0.6 is 23.4 Å². The van der Waals surface area contributed by atoms with Crippen molar-refractivity contribution in [2.75, 3.05) is 22.1 Å². The quantitative estimate of drug-likeness (QED) is 0.876. The second-order valence-corrected chi connectivity index (χ2v) is 6.38. The molecular weight excluding hydrogens is 268 g/mol. The van der Waals surface area contributed by atoms with Gasteiger partial charge in [-0.1, -0.05) is 11.6 Å². The van der Waals surface area contributed by atoms with Gasteiger partial charge in [-0.05, 0) is 42.0 Å². The van der Waals surface area contributed by atoms with Crippen molar-refractivity contribution in [2.24, 2.45) is 0 Å². The van der Waals surface area contributed by atoms with Crippen LogP contribution in [-0.2, 0) is 11.2 Å². The van der Waals surface area contributed by atoms with E-state index in [1.54, 1.807) is 0 Å². The Morgan fingerprint density at radius 2 is 2.11 bits per heavy atom. The zero-order valence-corrected chi connectivity index (χ0v) is 11.5. The van der Waals surface area contributed by atoms with Gasteiger partial charge >= 0.3 is 0 Å². The standard InChI is InChI=1S/C13H15ClN2OS/c14-10-7-11-8(6-13(17)16-11)5-12(10)15-9-1-3-18-4-2-9/h5,7,9,15H,1-4,6H2,(H,16,17). The molecule has 1 amide bonds. The molecule has 1 saturated heterocycles. The van der Waals surface area contributed by atoms with Gasteiger partial charge in [0.05, 0.1) is 17.1 Å². The highest BCUT2D eigenvalue weighted by Crippen LogP contribution is 2.34. The number of anilines is 2. The van der Waals surface area contributed by atoms with Crippen molar-refractivity contribution in [3.63, 3.8) is 0 Å². The van der Waals surface area contributed by atoms with E-state index >= 15 is 0 Å². The summed E-state index contributed by atoms with van der Waals surface area (Å²) >= 11 is 8.26. The Morgan fingerprint density at radius 1 is 1.33 bits per heavy atom. The summed E-state index contributed by atoms with van der Waals surface area (Å²) in [5.74, 6) is 2.47. The predicted molar refractivity (Wildman–Crippen MR) is 77.8 cm³/mol. The lowest BCUT2D eigenvalue weighted by Crippen LogP contribution is -2.24. The minimum Gasteiger partial charge on any atom is -0.381 e. The Hall–Kier alpha value is -0.870. The molecule has 1 aromatic carbocycles. The van der Waals surface area contributed by atoms with Crippen molar-refractivity contribution in [1.82, 2.24) is 0 Å². The van der Waals surface area contributed by atoms with Gasteiger partial charge in [0, 0.05) is 11.7 Å². The van der Waals surface area contributed by atoms with Crippen molar-refractivity contribution in [3.8, 4) is 0 Å². The summed E-state index contributed by atoms with van der Waals surface area (Å²) in [6.45, 7) is 0. The third-order valence-electron chi connectivity index (χ3n) is 3.40. The lowest BCUT2D eigenvalue weighted by Gasteiger charge is -2.24. The van der Waals surface area contributed by atoms with Crippen LogP contribution in [0.3, 0.4) is 0 Å². The van der Waals surface area contributed by atoms with Gasteiger partial charge in [-0.15, -0.1) is 0 Å². The molecule has 0 radical (unpaired) electrons. The number of hydrogen-bond acceptors (Lipinski definition) is 3. The molecule has 1 fully saturated rings. The fraction of sp³-hybridized carbons (Fsp3) is 0.462. The Labute approximate surface area is 116 Å². The van der Waals surface area contributed by atoms with Crippen LogP contribution in [0.2, 0.25) is 5.02 Å². The number of benzene rings is 1. The highest BCUT2D eigenvalue weighted by molar-refractivity contribution is 7.99. The van der Waals surface area contributed by atoms with E-state index in [1.165, 1.54) is 24.3 Å². The molecule has 0 saturated carbocycles. The van der Waals surface area contributed by atoms with Crippen molar-refractivity contribution >= 4 is 40.6 Å². The summed E-state index contributed by atoms with van der Waals surface area (Å²) in [5.41, 5.74) is 2.86. The highest BCUT2D eigenvalue weighted by atomic mass is 35.5. The number of amides is 1. The minimum absolute atomic E-state index is 0.0484. The topological polar surface area (TPSA) is 41.1 Å². The van der Waals surface area contributed by atoms with E-state index in [-0.39, 0.29) is 5.91 Å². The zero-order chi connectivity index (χ0) is 12.5. The summed E-state index contributed by atoms with van der Waals surface area (Å²) in [6, 6.07) is 4.37. The maximum absolute atomic E-state index is 11.3. The van der Waals surface area contributed by atoms with Gasteiger partial charge in [0.1, 0.15) is 0 Å². The fourth-order valence-corrected chi connectivity index (χ4v) is 3.75. The second-order valence-electron chi connectivity index (χ2n) is 4.75. The van der Waals surface area contributed by atoms with Crippen LogP contribution < -0.4 is 10.6 Å². The lowest BCUT2D eigenvalue weighted by molar-refractivity contribution is -0.115. The van der Waals surface area contributed by atoms with Crippen molar-refractivity contribution in [3.05, 3.63) is 22.7 Å². The van der Waals surface area contributed by atoms with Crippen LogP contribution in [-0.4, -0.2) is 23.5 Å². The maximum Gasteiger partial charge on any atom is 0.228 e. The SMILES string of the molecule is O=C1Cc2cc(NC3CCSCC3)c(Cl)cc2N1. The van der Waals surface area contributed by atoms with E-state index < -0.39 is 0 Å². The maximum atomic E-state index is 11.3. The number of thioether (sulfide) groups is 1. The normalized spacial score (nSPS) is 19.5. The molecule has 0 aromatic heterocycles. The Kier molecular flexibility index (Phi) is 3.39. The first-order chi connectivity index (χ1) is 8.72. The van der Waals surface area contributed by atoms with E-state index in [1.807, 2.05) is 23.9 Å². The number of carbonyl (C=O) groups excluding carboxylic acids is 1. The second kappa shape index (κ2) is 5.02. The molecule has 0 aliphatic carbocycles. The van der Waals surface area contributed by atoms with Gasteiger partial charge in [0.15, 0.2) is 0 Å². The molecule has 0 unspecified atom stereocenters. The third-order valence-corrected chi connectivity index (χ3v) is 4.76. The van der Waals surface area contributed by atoms with Crippen molar-refractivity contribution in [2.45, 2.75) is 25.3 Å². The van der Waals surface area contributed by atoms with Gasteiger partial charge in [-0.25, -0.2) is 0 Å². The van der Waals surface area contributed by atoms with Gasteiger partial charge < -0.3 is 10.6 Å². The molecule has 2 heterocycles. The average Bonchev–Trinajstić information content (AvgIpc) is 2.70. The smallest absolute Gasteiger partial charge is 0.228 e. The first-order valence-electron chi connectivity index (χ1n) is 6.19. The number of nitrogens with one attached hydrogen (secondary N) is 2. The monoisotopic (exact) mass is 282 g/mol. The average molecular weight is 283 g/mol. The third kappa shape index (κ3) is 2.45. The molecule has 2 N–H and O–H groups in total. The van der Waals surface area contributed by atoms with E-state index in [0.29, 0.717) is 17.5 Å². The molecule has 3 rings (SSSR count). The number of hydrogen-bond donors (Lipinski definition) is 2. The van der Waals surface area contributed by atoms with Crippen LogP contribution in [0.15, 0.2) is 12.1 Å². The lowest BCUT2D eigenvalue weighted by atomic mass is 10.1. The van der Waals surface area contributed by atoms with Crippen LogP contribution in [0.4, 0.5) is 11.4 Å². The number of rotatable bonds is 2. The first-order valence-corrected chi connectivity index (χ1v) is 7.72. The van der Waals surface area contributed by atoms with Crippen LogP contribution in [0, 0.1) is 0 Å². The number of fused-ring (bicyclic) bond motifs is 1. The summed E-state index contributed by atoms with van der Waals surface area (Å²) < 4.78 is 0. The molecule has 0 bridgehead atoms. The molecule has 18 heavy (non-hydrogen) atoms. The largest absolute Gasteiger partial charge is 0.381 e. The van der Waals surface area contributed by atoms with Crippen molar-refractivity contribution in [1.29, 1.82) is 0 Å². The molecule has 2 aliphatic heterocycles. The summed E-state index contributed by atoms with van der Waals surface area (Å²) in [7, 11) is 0. The molecule has 0 spiro atoms. The summed E-state index contributed by atoms with van der Waals surface area (Å²) in [6.07, 6.45) is 2.81. The van der Waals surface area contributed by atoms with E-state index in [4.69, 9.17) is 11.6 Å². The molecular formula is C13H15ClN2OS. The highest BCUT2D eigenvalue weighted by Gasteiger charge is 2.21. The van der Waals surface area contributed by atoms with Crippen molar-refractivity contribution < 1.29 is 4.79 Å². The Balaban J connectivity index is 1.80. The van der Waals surface area contributed by atoms with Crippen LogP contribution in [0.5, 0.6) is 0 Å². The van der Waals surface area contributed by atoms with Gasteiger partial charge in [0.25, 0.3) is 0 Å². The molecule has 5 heteroatoms. The number of carbonyl (C=O) groups is 1. The first kappa shape index (κ1) is 12.2. The van der Waals surface area contributed by atoms with E-state index in [0.717, 1.165) is 16.9 Å². The molecule has 2 aliphatic rings. The zero-order valence-electron chi connectivity index (χ0n) is 9.96. The predicted octanol–water partition coefficient (Wildman–Crippen LogP) is 3.14. The Bertz CT molecular complexity index is 486. The fourth-order valence-electron chi connectivity index (χ4n) is 2.42. The molecule has 1 aromatic rings. The van der Waals surface area contributed by atoms with Crippen LogP contribution in [0.1, 0.15) is 18.4 Å². The molecule has 0 atom stereocenters. The summed E-state index contributed by atoms with van der Waals surface area (Å²) in [5, 5.41) is 7.01.